The van der Waals surface area contributed by atoms with Crippen molar-refractivity contribution < 1.29 is 23.0 Å². The van der Waals surface area contributed by atoms with E-state index in [1.165, 1.54) is 12.1 Å². The minimum atomic E-state index is -4.70. The van der Waals surface area contributed by atoms with Crippen molar-refractivity contribution in [2.24, 2.45) is 5.41 Å². The van der Waals surface area contributed by atoms with Crippen LogP contribution in [0.2, 0.25) is 0 Å². The van der Waals surface area contributed by atoms with Crippen LogP contribution in [0.25, 0.3) is 0 Å². The standard InChI is InChI=1S/C15H22F3NO2/c1-11(19-10-14(2,3)8-9-20)12-6-4-5-7-13(12)21-15(16,17)18/h4-7,11,19-20H,8-10H2,1-3H3. The number of alkyl halides is 3. The molecule has 0 aliphatic rings. The van der Waals surface area contributed by atoms with Gasteiger partial charge in [0.25, 0.3) is 0 Å². The lowest BCUT2D eigenvalue weighted by Crippen LogP contribution is -2.32. The average molecular weight is 305 g/mol. The Bertz CT molecular complexity index is 447. The molecule has 0 heterocycles. The predicted octanol–water partition coefficient (Wildman–Crippen LogP) is 3.64. The van der Waals surface area contributed by atoms with Crippen LogP contribution in [0.15, 0.2) is 24.3 Å². The number of hydrogen-bond acceptors (Lipinski definition) is 3. The topological polar surface area (TPSA) is 41.5 Å². The lowest BCUT2D eigenvalue weighted by atomic mass is 9.89. The highest BCUT2D eigenvalue weighted by Crippen LogP contribution is 2.30. The van der Waals surface area contributed by atoms with Gasteiger partial charge in [0.05, 0.1) is 0 Å². The van der Waals surface area contributed by atoms with Gasteiger partial charge in [-0.15, -0.1) is 13.2 Å². The van der Waals surface area contributed by atoms with Gasteiger partial charge >= 0.3 is 6.36 Å². The van der Waals surface area contributed by atoms with E-state index < -0.39 is 6.36 Å². The number of halogens is 3. The molecular formula is C15H22F3NO2. The molecule has 0 amide bonds. The number of rotatable bonds is 7. The zero-order valence-corrected chi connectivity index (χ0v) is 12.5. The summed E-state index contributed by atoms with van der Waals surface area (Å²) in [5, 5.41) is 12.2. The SMILES string of the molecule is CC(NCC(C)(C)CCO)c1ccccc1OC(F)(F)F. The molecule has 1 unspecified atom stereocenters. The van der Waals surface area contributed by atoms with E-state index >= 15 is 0 Å². The Balaban J connectivity index is 2.76. The van der Waals surface area contributed by atoms with Crippen LogP contribution in [-0.4, -0.2) is 24.6 Å². The Kier molecular flexibility index (Phi) is 6.04. The Labute approximate surface area is 123 Å². The summed E-state index contributed by atoms with van der Waals surface area (Å²) in [6.45, 7) is 6.42. The first kappa shape index (κ1) is 17.8. The fraction of sp³-hybridized carbons (Fsp3) is 0.600. The fourth-order valence-corrected chi connectivity index (χ4v) is 1.99. The second kappa shape index (κ2) is 7.13. The van der Waals surface area contributed by atoms with Crippen LogP contribution in [0.1, 0.15) is 38.8 Å². The Hall–Kier alpha value is -1.27. The van der Waals surface area contributed by atoms with Crippen LogP contribution in [0, 0.1) is 5.41 Å². The molecule has 120 valence electrons. The second-order valence-corrected chi connectivity index (χ2v) is 5.83. The third kappa shape index (κ3) is 6.35. The third-order valence-corrected chi connectivity index (χ3v) is 3.29. The first-order valence-corrected chi connectivity index (χ1v) is 6.83. The molecule has 1 aromatic carbocycles. The van der Waals surface area contributed by atoms with Gasteiger partial charge in [0.2, 0.25) is 0 Å². The number of ether oxygens (including phenoxy) is 1. The lowest BCUT2D eigenvalue weighted by molar-refractivity contribution is -0.275. The first-order valence-electron chi connectivity index (χ1n) is 6.83. The smallest absolute Gasteiger partial charge is 0.405 e. The van der Waals surface area contributed by atoms with E-state index in [0.29, 0.717) is 18.5 Å². The maximum atomic E-state index is 12.4. The highest BCUT2D eigenvalue weighted by atomic mass is 19.4. The van der Waals surface area contributed by atoms with E-state index in [0.717, 1.165) is 0 Å². The molecule has 0 spiro atoms. The van der Waals surface area contributed by atoms with Crippen LogP contribution < -0.4 is 10.1 Å². The van der Waals surface area contributed by atoms with Gasteiger partial charge in [0.1, 0.15) is 5.75 Å². The third-order valence-electron chi connectivity index (χ3n) is 3.29. The molecule has 3 nitrogen and oxygen atoms in total. The predicted molar refractivity (Wildman–Crippen MR) is 75.0 cm³/mol. The number of hydrogen-bond donors (Lipinski definition) is 2. The van der Waals surface area contributed by atoms with Crippen molar-refractivity contribution in [1.82, 2.24) is 5.32 Å². The van der Waals surface area contributed by atoms with Crippen molar-refractivity contribution in [1.29, 1.82) is 0 Å². The molecule has 0 aromatic heterocycles. The number of aliphatic hydroxyl groups is 1. The fourth-order valence-electron chi connectivity index (χ4n) is 1.99. The summed E-state index contributed by atoms with van der Waals surface area (Å²) >= 11 is 0. The van der Waals surface area contributed by atoms with Crippen molar-refractivity contribution in [2.75, 3.05) is 13.2 Å². The van der Waals surface area contributed by atoms with E-state index in [4.69, 9.17) is 5.11 Å². The van der Waals surface area contributed by atoms with Crippen molar-refractivity contribution in [3.05, 3.63) is 29.8 Å². The molecule has 2 N–H and O–H groups in total. The summed E-state index contributed by atoms with van der Waals surface area (Å²) in [6, 6.07) is 5.81. The van der Waals surface area contributed by atoms with Crippen LogP contribution in [0.5, 0.6) is 5.75 Å². The Morgan fingerprint density at radius 3 is 2.43 bits per heavy atom. The Morgan fingerprint density at radius 2 is 1.86 bits per heavy atom. The van der Waals surface area contributed by atoms with Gasteiger partial charge < -0.3 is 15.2 Å². The molecule has 0 saturated heterocycles. The first-order chi connectivity index (χ1) is 9.64. The van der Waals surface area contributed by atoms with Gasteiger partial charge in [-0.1, -0.05) is 32.0 Å². The summed E-state index contributed by atoms with van der Waals surface area (Å²) < 4.78 is 41.2. The maximum Gasteiger partial charge on any atom is 0.573 e. The molecule has 0 saturated carbocycles. The number of benzene rings is 1. The molecule has 0 fully saturated rings. The van der Waals surface area contributed by atoms with Gasteiger partial charge in [-0.25, -0.2) is 0 Å². The van der Waals surface area contributed by atoms with Gasteiger partial charge in [-0.05, 0) is 24.8 Å². The van der Waals surface area contributed by atoms with Gasteiger partial charge in [-0.2, -0.15) is 0 Å². The summed E-state index contributed by atoms with van der Waals surface area (Å²) in [5.74, 6) is -0.190. The molecule has 21 heavy (non-hydrogen) atoms. The molecule has 0 aliphatic carbocycles. The molecule has 1 atom stereocenters. The largest absolute Gasteiger partial charge is 0.573 e. The zero-order chi connectivity index (χ0) is 16.1. The lowest BCUT2D eigenvalue weighted by Gasteiger charge is -2.27. The number of para-hydroxylation sites is 1. The second-order valence-electron chi connectivity index (χ2n) is 5.83. The minimum Gasteiger partial charge on any atom is -0.405 e. The molecular weight excluding hydrogens is 283 g/mol. The summed E-state index contributed by atoms with van der Waals surface area (Å²) in [4.78, 5) is 0. The van der Waals surface area contributed by atoms with Crippen LogP contribution in [0.4, 0.5) is 13.2 Å². The van der Waals surface area contributed by atoms with E-state index in [1.54, 1.807) is 19.1 Å². The molecule has 1 aromatic rings. The molecule has 1 rings (SSSR count). The average Bonchev–Trinajstić information content (AvgIpc) is 2.35. The van der Waals surface area contributed by atoms with E-state index in [9.17, 15) is 13.2 Å². The molecule has 0 bridgehead atoms. The Morgan fingerprint density at radius 1 is 1.24 bits per heavy atom. The number of nitrogens with one attached hydrogen (secondary N) is 1. The summed E-state index contributed by atoms with van der Waals surface area (Å²) in [5.41, 5.74) is 0.317. The van der Waals surface area contributed by atoms with Crippen molar-refractivity contribution in [3.63, 3.8) is 0 Å². The van der Waals surface area contributed by atoms with Crippen LogP contribution in [-0.2, 0) is 0 Å². The van der Waals surface area contributed by atoms with Crippen LogP contribution in [0.3, 0.4) is 0 Å². The van der Waals surface area contributed by atoms with Crippen molar-refractivity contribution in [3.8, 4) is 5.75 Å². The monoisotopic (exact) mass is 305 g/mol. The highest BCUT2D eigenvalue weighted by molar-refractivity contribution is 5.35. The van der Waals surface area contributed by atoms with Gasteiger partial charge in [-0.3, -0.25) is 0 Å². The summed E-state index contributed by atoms with van der Waals surface area (Å²) in [7, 11) is 0. The minimum absolute atomic E-state index is 0.0802. The molecule has 0 aliphatic heterocycles. The number of aliphatic hydroxyl groups excluding tert-OH is 1. The van der Waals surface area contributed by atoms with E-state index in [1.807, 2.05) is 13.8 Å². The van der Waals surface area contributed by atoms with Crippen molar-refractivity contribution in [2.45, 2.75) is 39.6 Å². The molecule has 0 radical (unpaired) electrons. The van der Waals surface area contributed by atoms with Gasteiger partial charge in [0.15, 0.2) is 0 Å². The van der Waals surface area contributed by atoms with E-state index in [-0.39, 0.29) is 23.8 Å². The van der Waals surface area contributed by atoms with Crippen molar-refractivity contribution >= 4 is 0 Å². The highest BCUT2D eigenvalue weighted by Gasteiger charge is 2.32. The summed E-state index contributed by atoms with van der Waals surface area (Å²) in [6.07, 6.45) is -4.08. The van der Waals surface area contributed by atoms with Crippen LogP contribution >= 0.6 is 0 Å². The molecule has 6 heteroatoms. The van der Waals surface area contributed by atoms with Gasteiger partial charge in [0, 0.05) is 24.8 Å². The zero-order valence-electron chi connectivity index (χ0n) is 12.5. The maximum absolute atomic E-state index is 12.4. The normalized spacial score (nSPS) is 14.0. The quantitative estimate of drug-likeness (QED) is 0.808. The van der Waals surface area contributed by atoms with E-state index in [2.05, 4.69) is 10.1 Å².